The van der Waals surface area contributed by atoms with E-state index in [0.29, 0.717) is 30.2 Å². The van der Waals surface area contributed by atoms with Crippen LogP contribution in [0.25, 0.3) is 0 Å². The Balaban J connectivity index is 2.59. The molecule has 2 N–H and O–H groups in total. The molecule has 1 aromatic carbocycles. The van der Waals surface area contributed by atoms with E-state index < -0.39 is 24.1 Å². The first-order chi connectivity index (χ1) is 14.2. The molecular formula is C20H26F3N3O4. The minimum absolute atomic E-state index is 0.182. The zero-order chi connectivity index (χ0) is 22.3. The maximum absolute atomic E-state index is 13.4. The minimum Gasteiger partial charge on any atom is -0.478 e. The summed E-state index contributed by atoms with van der Waals surface area (Å²) < 4.78 is 45.5. The number of alkyl halides is 3. The van der Waals surface area contributed by atoms with E-state index in [1.807, 2.05) is 4.90 Å². The van der Waals surface area contributed by atoms with Crippen LogP contribution in [0.2, 0.25) is 0 Å². The normalized spacial score (nSPS) is 14.9. The SMILES string of the molecule is C=CCN(CCNC)c1ccc(C(=O)O)c(N(C(=O)C(F)(F)F)C2CCOCC2)c1. The van der Waals surface area contributed by atoms with Gasteiger partial charge in [0.2, 0.25) is 0 Å². The number of carbonyl (C=O) groups is 2. The number of hydrogen-bond donors (Lipinski definition) is 2. The molecule has 1 aliphatic heterocycles. The quantitative estimate of drug-likeness (QED) is 0.588. The summed E-state index contributed by atoms with van der Waals surface area (Å²) in [5.41, 5.74) is -0.139. The van der Waals surface area contributed by atoms with Crippen LogP contribution in [0.4, 0.5) is 24.5 Å². The van der Waals surface area contributed by atoms with Crippen LogP contribution in [-0.2, 0) is 9.53 Å². The largest absolute Gasteiger partial charge is 0.478 e. The van der Waals surface area contributed by atoms with Crippen LogP contribution >= 0.6 is 0 Å². The molecule has 1 amide bonds. The van der Waals surface area contributed by atoms with Gasteiger partial charge in [-0.05, 0) is 38.1 Å². The first-order valence-electron chi connectivity index (χ1n) is 9.56. The number of nitrogens with one attached hydrogen (secondary N) is 1. The third-order valence-corrected chi connectivity index (χ3v) is 4.83. The van der Waals surface area contributed by atoms with Gasteiger partial charge in [0.15, 0.2) is 0 Å². The van der Waals surface area contributed by atoms with Crippen LogP contribution in [0, 0.1) is 0 Å². The van der Waals surface area contributed by atoms with E-state index in [4.69, 9.17) is 4.74 Å². The van der Waals surface area contributed by atoms with Gasteiger partial charge in [-0.1, -0.05) is 6.08 Å². The molecule has 1 aromatic rings. The van der Waals surface area contributed by atoms with E-state index in [9.17, 15) is 27.9 Å². The Hall–Kier alpha value is -2.59. The molecule has 0 unspecified atom stereocenters. The fourth-order valence-electron chi connectivity index (χ4n) is 3.38. The van der Waals surface area contributed by atoms with Crippen molar-refractivity contribution in [3.8, 4) is 0 Å². The van der Waals surface area contributed by atoms with Crippen molar-refractivity contribution in [1.29, 1.82) is 0 Å². The number of halogens is 3. The first kappa shape index (κ1) is 23.7. The molecular weight excluding hydrogens is 403 g/mol. The zero-order valence-electron chi connectivity index (χ0n) is 16.7. The number of carbonyl (C=O) groups excluding carboxylic acids is 1. The number of carboxylic acid groups (broad SMARTS) is 1. The maximum Gasteiger partial charge on any atom is 0.471 e. The highest BCUT2D eigenvalue weighted by Crippen LogP contribution is 2.34. The highest BCUT2D eigenvalue weighted by molar-refractivity contribution is 6.05. The second kappa shape index (κ2) is 10.4. The Kier molecular flexibility index (Phi) is 8.24. The van der Waals surface area contributed by atoms with Gasteiger partial charge in [-0.15, -0.1) is 6.58 Å². The van der Waals surface area contributed by atoms with Gasteiger partial charge < -0.3 is 25.0 Å². The van der Waals surface area contributed by atoms with Crippen molar-refractivity contribution in [2.24, 2.45) is 0 Å². The number of amides is 1. The Morgan fingerprint density at radius 1 is 1.33 bits per heavy atom. The van der Waals surface area contributed by atoms with Crippen LogP contribution in [0.5, 0.6) is 0 Å². The van der Waals surface area contributed by atoms with Gasteiger partial charge in [0.1, 0.15) is 0 Å². The highest BCUT2D eigenvalue weighted by atomic mass is 19.4. The molecule has 0 atom stereocenters. The summed E-state index contributed by atoms with van der Waals surface area (Å²) in [6.07, 6.45) is -3.14. The lowest BCUT2D eigenvalue weighted by atomic mass is 10.0. The number of ether oxygens (including phenoxy) is 1. The molecule has 7 nitrogen and oxygen atoms in total. The molecule has 0 saturated carbocycles. The second-order valence-electron chi connectivity index (χ2n) is 6.86. The van der Waals surface area contributed by atoms with Gasteiger partial charge in [-0.3, -0.25) is 4.79 Å². The average molecular weight is 429 g/mol. The average Bonchev–Trinajstić information content (AvgIpc) is 2.71. The zero-order valence-corrected chi connectivity index (χ0v) is 16.7. The van der Waals surface area contributed by atoms with Gasteiger partial charge in [-0.2, -0.15) is 13.2 Å². The molecule has 30 heavy (non-hydrogen) atoms. The lowest BCUT2D eigenvalue weighted by Gasteiger charge is -2.36. The summed E-state index contributed by atoms with van der Waals surface area (Å²) in [5, 5.41) is 12.6. The van der Waals surface area contributed by atoms with Gasteiger partial charge in [0.25, 0.3) is 0 Å². The van der Waals surface area contributed by atoms with E-state index in [-0.39, 0.29) is 37.3 Å². The van der Waals surface area contributed by atoms with Crippen LogP contribution in [0.1, 0.15) is 23.2 Å². The van der Waals surface area contributed by atoms with Crippen LogP contribution in [0.15, 0.2) is 30.9 Å². The molecule has 1 fully saturated rings. The third-order valence-electron chi connectivity index (χ3n) is 4.83. The summed E-state index contributed by atoms with van der Waals surface area (Å²) in [6.45, 7) is 5.58. The first-order valence-corrected chi connectivity index (χ1v) is 9.56. The predicted molar refractivity (Wildman–Crippen MR) is 107 cm³/mol. The van der Waals surface area contributed by atoms with Crippen molar-refractivity contribution in [2.75, 3.05) is 49.7 Å². The number of anilines is 2. The second-order valence-corrected chi connectivity index (χ2v) is 6.86. The third kappa shape index (κ3) is 5.73. The van der Waals surface area contributed by atoms with Crippen molar-refractivity contribution < 1.29 is 32.6 Å². The number of carboxylic acids is 1. The molecule has 0 aliphatic carbocycles. The predicted octanol–water partition coefficient (Wildman–Crippen LogP) is 2.67. The van der Waals surface area contributed by atoms with Crippen molar-refractivity contribution in [2.45, 2.75) is 25.1 Å². The monoisotopic (exact) mass is 429 g/mol. The lowest BCUT2D eigenvalue weighted by molar-refractivity contribution is -0.171. The molecule has 1 aliphatic rings. The van der Waals surface area contributed by atoms with Gasteiger partial charge in [0.05, 0.1) is 11.3 Å². The molecule has 0 aromatic heterocycles. The molecule has 1 heterocycles. The maximum atomic E-state index is 13.4. The fourth-order valence-corrected chi connectivity index (χ4v) is 3.38. The topological polar surface area (TPSA) is 82.1 Å². The van der Waals surface area contributed by atoms with Crippen molar-refractivity contribution >= 4 is 23.3 Å². The Morgan fingerprint density at radius 3 is 2.53 bits per heavy atom. The Morgan fingerprint density at radius 2 is 2.00 bits per heavy atom. The van der Waals surface area contributed by atoms with E-state index in [1.165, 1.54) is 18.2 Å². The Bertz CT molecular complexity index is 764. The van der Waals surface area contributed by atoms with Gasteiger partial charge >= 0.3 is 18.1 Å². The van der Waals surface area contributed by atoms with Gasteiger partial charge in [0, 0.05) is 44.6 Å². The van der Waals surface area contributed by atoms with Crippen molar-refractivity contribution in [3.63, 3.8) is 0 Å². The Labute approximate surface area is 173 Å². The van der Waals surface area contributed by atoms with E-state index in [1.54, 1.807) is 13.1 Å². The molecule has 0 spiro atoms. The molecule has 0 bridgehead atoms. The van der Waals surface area contributed by atoms with Gasteiger partial charge in [-0.25, -0.2) is 4.79 Å². The number of likely N-dealkylation sites (N-methyl/N-ethyl adjacent to an activating group) is 1. The summed E-state index contributed by atoms with van der Waals surface area (Å²) in [6, 6.07) is 3.28. The standard InChI is InChI=1S/C20H26F3N3O4/c1-3-9-25(10-8-24-2)15-4-5-16(18(27)28)17(13-15)26(19(29)20(21,22)23)14-6-11-30-12-7-14/h3-5,13-14,24H,1,6-12H2,2H3,(H,27,28). The smallest absolute Gasteiger partial charge is 0.471 e. The van der Waals surface area contributed by atoms with Crippen molar-refractivity contribution in [1.82, 2.24) is 5.32 Å². The molecule has 2 rings (SSSR count). The molecule has 0 radical (unpaired) electrons. The number of benzene rings is 1. The summed E-state index contributed by atoms with van der Waals surface area (Å²) in [7, 11) is 1.76. The number of nitrogens with zero attached hydrogens (tertiary/aromatic N) is 2. The summed E-state index contributed by atoms with van der Waals surface area (Å²) in [5.74, 6) is -3.49. The minimum atomic E-state index is -5.14. The number of hydrogen-bond acceptors (Lipinski definition) is 5. The summed E-state index contributed by atoms with van der Waals surface area (Å²) >= 11 is 0. The molecule has 1 saturated heterocycles. The number of rotatable bonds is 9. The number of aromatic carboxylic acids is 1. The fraction of sp³-hybridized carbons (Fsp3) is 0.500. The van der Waals surface area contributed by atoms with E-state index >= 15 is 0 Å². The van der Waals surface area contributed by atoms with E-state index in [0.717, 1.165) is 0 Å². The summed E-state index contributed by atoms with van der Waals surface area (Å²) in [4.78, 5) is 26.5. The van der Waals surface area contributed by atoms with E-state index in [2.05, 4.69) is 11.9 Å². The molecule has 166 valence electrons. The van der Waals surface area contributed by atoms with Crippen LogP contribution in [-0.4, -0.2) is 69.1 Å². The molecule has 10 heteroatoms. The van der Waals surface area contributed by atoms with Crippen LogP contribution in [0.3, 0.4) is 0 Å². The van der Waals surface area contributed by atoms with Crippen LogP contribution < -0.4 is 15.1 Å². The lowest BCUT2D eigenvalue weighted by Crippen LogP contribution is -2.50. The highest BCUT2D eigenvalue weighted by Gasteiger charge is 2.46. The van der Waals surface area contributed by atoms with Crippen molar-refractivity contribution in [3.05, 3.63) is 36.4 Å².